The van der Waals surface area contributed by atoms with Crippen LogP contribution in [0.25, 0.3) is 0 Å². The molecule has 2 amide bonds. The minimum Gasteiger partial charge on any atom is -0.497 e. The van der Waals surface area contributed by atoms with Gasteiger partial charge in [0.2, 0.25) is 0 Å². The van der Waals surface area contributed by atoms with Crippen molar-refractivity contribution in [2.24, 2.45) is 0 Å². The summed E-state index contributed by atoms with van der Waals surface area (Å²) in [5.41, 5.74) is 0.328. The maximum atomic E-state index is 13.4. The second-order valence-corrected chi connectivity index (χ2v) is 4.61. The zero-order valence-electron chi connectivity index (χ0n) is 12.2. The van der Waals surface area contributed by atoms with Crippen LogP contribution in [0.5, 0.6) is 5.75 Å². The molecule has 0 spiro atoms. The van der Waals surface area contributed by atoms with E-state index in [0.29, 0.717) is 5.75 Å². The van der Waals surface area contributed by atoms with Gasteiger partial charge in [-0.05, 0) is 29.8 Å². The minimum atomic E-state index is -1.09. The van der Waals surface area contributed by atoms with Crippen LogP contribution in [-0.4, -0.2) is 18.9 Å². The number of carbonyl (C=O) groups excluding carboxylic acids is 2. The summed E-state index contributed by atoms with van der Waals surface area (Å²) < 4.78 is 31.5. The Labute approximate surface area is 131 Å². The number of hydrogen-bond donors (Lipinski definition) is 2. The fraction of sp³-hybridized carbons (Fsp3) is 0.125. The van der Waals surface area contributed by atoms with Crippen molar-refractivity contribution in [2.75, 3.05) is 12.4 Å². The van der Waals surface area contributed by atoms with Crippen LogP contribution in [0, 0.1) is 11.6 Å². The van der Waals surface area contributed by atoms with Crippen LogP contribution in [0.2, 0.25) is 0 Å². The van der Waals surface area contributed by atoms with Crippen LogP contribution in [-0.2, 0) is 16.1 Å². The molecular formula is C16H14F2N2O3. The molecule has 0 aliphatic rings. The lowest BCUT2D eigenvalue weighted by Crippen LogP contribution is -2.35. The Morgan fingerprint density at radius 1 is 1.09 bits per heavy atom. The highest BCUT2D eigenvalue weighted by molar-refractivity contribution is 6.39. The molecule has 120 valence electrons. The normalized spacial score (nSPS) is 10.0. The maximum absolute atomic E-state index is 13.4. The average Bonchev–Trinajstić information content (AvgIpc) is 2.56. The lowest BCUT2D eigenvalue weighted by Gasteiger charge is -2.08. The van der Waals surface area contributed by atoms with Crippen LogP contribution in [0.1, 0.15) is 5.56 Å². The predicted octanol–water partition coefficient (Wildman–Crippen LogP) is 2.23. The average molecular weight is 320 g/mol. The molecule has 0 saturated heterocycles. The standard InChI is InChI=1S/C16H14F2N2O3/c1-23-12-4-2-3-10(7-12)9-19-15(21)16(22)20-14-8-11(17)5-6-13(14)18/h2-8H,9H2,1H3,(H,19,21)(H,20,22). The Bertz CT molecular complexity index is 735. The van der Waals surface area contributed by atoms with Crippen molar-refractivity contribution in [3.63, 3.8) is 0 Å². The summed E-state index contributed by atoms with van der Waals surface area (Å²) in [4.78, 5) is 23.4. The summed E-state index contributed by atoms with van der Waals surface area (Å²) in [6.07, 6.45) is 0. The minimum absolute atomic E-state index is 0.0923. The van der Waals surface area contributed by atoms with Crippen LogP contribution >= 0.6 is 0 Å². The van der Waals surface area contributed by atoms with Gasteiger partial charge in [0.1, 0.15) is 17.4 Å². The van der Waals surface area contributed by atoms with Crippen LogP contribution in [0.3, 0.4) is 0 Å². The fourth-order valence-electron chi connectivity index (χ4n) is 1.82. The zero-order chi connectivity index (χ0) is 16.8. The number of halogens is 2. The Balaban J connectivity index is 1.94. The predicted molar refractivity (Wildman–Crippen MR) is 79.8 cm³/mol. The van der Waals surface area contributed by atoms with E-state index in [0.717, 1.165) is 23.8 Å². The van der Waals surface area contributed by atoms with Crippen molar-refractivity contribution in [1.82, 2.24) is 5.32 Å². The lowest BCUT2D eigenvalue weighted by atomic mass is 10.2. The molecule has 0 radical (unpaired) electrons. The van der Waals surface area contributed by atoms with Crippen molar-refractivity contribution >= 4 is 17.5 Å². The first-order valence-corrected chi connectivity index (χ1v) is 6.67. The summed E-state index contributed by atoms with van der Waals surface area (Å²) >= 11 is 0. The van der Waals surface area contributed by atoms with Gasteiger partial charge in [-0.2, -0.15) is 0 Å². The molecule has 2 rings (SSSR count). The largest absolute Gasteiger partial charge is 0.497 e. The van der Waals surface area contributed by atoms with Crippen molar-refractivity contribution < 1.29 is 23.1 Å². The van der Waals surface area contributed by atoms with E-state index in [1.807, 2.05) is 5.32 Å². The third kappa shape index (κ3) is 4.50. The molecule has 0 bridgehead atoms. The molecule has 0 aliphatic carbocycles. The van der Waals surface area contributed by atoms with Crippen molar-refractivity contribution in [1.29, 1.82) is 0 Å². The SMILES string of the molecule is COc1cccc(CNC(=O)C(=O)Nc2cc(F)ccc2F)c1. The summed E-state index contributed by atoms with van der Waals surface area (Å²) in [5, 5.41) is 4.40. The summed E-state index contributed by atoms with van der Waals surface area (Å²) in [5.74, 6) is -2.99. The number of ether oxygens (including phenoxy) is 1. The van der Waals surface area contributed by atoms with Crippen LogP contribution in [0.15, 0.2) is 42.5 Å². The Morgan fingerprint density at radius 2 is 1.87 bits per heavy atom. The second-order valence-electron chi connectivity index (χ2n) is 4.61. The number of nitrogens with one attached hydrogen (secondary N) is 2. The molecule has 0 atom stereocenters. The lowest BCUT2D eigenvalue weighted by molar-refractivity contribution is -0.136. The number of carbonyl (C=O) groups is 2. The topological polar surface area (TPSA) is 67.4 Å². The zero-order valence-corrected chi connectivity index (χ0v) is 12.2. The number of benzene rings is 2. The van der Waals surface area contributed by atoms with E-state index in [-0.39, 0.29) is 6.54 Å². The van der Waals surface area contributed by atoms with Gasteiger partial charge >= 0.3 is 11.8 Å². The molecule has 7 heteroatoms. The third-order valence-corrected chi connectivity index (χ3v) is 2.97. The van der Waals surface area contributed by atoms with E-state index in [4.69, 9.17) is 4.74 Å². The molecule has 2 aromatic carbocycles. The van der Waals surface area contributed by atoms with E-state index < -0.39 is 29.1 Å². The Kier molecular flexibility index (Phi) is 5.24. The number of hydrogen-bond acceptors (Lipinski definition) is 3. The van der Waals surface area contributed by atoms with Gasteiger partial charge in [0.25, 0.3) is 0 Å². The van der Waals surface area contributed by atoms with Crippen LogP contribution < -0.4 is 15.4 Å². The molecule has 0 fully saturated rings. The molecule has 5 nitrogen and oxygen atoms in total. The van der Waals surface area contributed by atoms with E-state index in [2.05, 4.69) is 5.32 Å². The van der Waals surface area contributed by atoms with E-state index >= 15 is 0 Å². The monoisotopic (exact) mass is 320 g/mol. The molecule has 0 aromatic heterocycles. The molecule has 0 unspecified atom stereocenters. The van der Waals surface area contributed by atoms with Gasteiger partial charge in [-0.1, -0.05) is 12.1 Å². The first kappa shape index (κ1) is 16.4. The number of anilines is 1. The van der Waals surface area contributed by atoms with Crippen molar-refractivity contribution in [2.45, 2.75) is 6.54 Å². The highest BCUT2D eigenvalue weighted by Crippen LogP contribution is 2.15. The Morgan fingerprint density at radius 3 is 2.61 bits per heavy atom. The molecule has 0 heterocycles. The van der Waals surface area contributed by atoms with E-state index in [1.165, 1.54) is 7.11 Å². The molecule has 0 aliphatic heterocycles. The molecule has 2 N–H and O–H groups in total. The summed E-state index contributed by atoms with van der Waals surface area (Å²) in [6, 6.07) is 9.49. The fourth-order valence-corrected chi connectivity index (χ4v) is 1.82. The first-order chi connectivity index (χ1) is 11.0. The summed E-state index contributed by atoms with van der Waals surface area (Å²) in [7, 11) is 1.51. The van der Waals surface area contributed by atoms with Gasteiger partial charge in [0, 0.05) is 12.6 Å². The van der Waals surface area contributed by atoms with Crippen molar-refractivity contribution in [3.8, 4) is 5.75 Å². The highest BCUT2D eigenvalue weighted by Gasteiger charge is 2.15. The Hall–Kier alpha value is -2.96. The maximum Gasteiger partial charge on any atom is 0.313 e. The van der Waals surface area contributed by atoms with Gasteiger partial charge in [0.15, 0.2) is 0 Å². The summed E-state index contributed by atoms with van der Waals surface area (Å²) in [6.45, 7) is 0.0923. The van der Waals surface area contributed by atoms with Crippen LogP contribution in [0.4, 0.5) is 14.5 Å². The molecule has 23 heavy (non-hydrogen) atoms. The third-order valence-electron chi connectivity index (χ3n) is 2.97. The number of methoxy groups -OCH3 is 1. The molecule has 2 aromatic rings. The quantitative estimate of drug-likeness (QED) is 0.849. The molecule has 0 saturated carbocycles. The van der Waals surface area contributed by atoms with E-state index in [1.54, 1.807) is 24.3 Å². The van der Waals surface area contributed by atoms with Gasteiger partial charge < -0.3 is 15.4 Å². The number of amides is 2. The van der Waals surface area contributed by atoms with Gasteiger partial charge in [-0.3, -0.25) is 9.59 Å². The highest BCUT2D eigenvalue weighted by atomic mass is 19.1. The van der Waals surface area contributed by atoms with Gasteiger partial charge in [-0.25, -0.2) is 8.78 Å². The van der Waals surface area contributed by atoms with Crippen molar-refractivity contribution in [3.05, 3.63) is 59.7 Å². The second kappa shape index (κ2) is 7.35. The molecular weight excluding hydrogens is 306 g/mol. The smallest absolute Gasteiger partial charge is 0.313 e. The number of rotatable bonds is 4. The first-order valence-electron chi connectivity index (χ1n) is 6.67. The van der Waals surface area contributed by atoms with Gasteiger partial charge in [-0.15, -0.1) is 0 Å². The van der Waals surface area contributed by atoms with E-state index in [9.17, 15) is 18.4 Å². The van der Waals surface area contributed by atoms with Gasteiger partial charge in [0.05, 0.1) is 12.8 Å².